The number of alkyl carbamates (subject to hydrolysis) is 1. The Morgan fingerprint density at radius 3 is 2.54 bits per heavy atom. The number of thiazole rings is 1. The van der Waals surface area contributed by atoms with Gasteiger partial charge in [0.05, 0.1) is 10.2 Å². The lowest BCUT2D eigenvalue weighted by atomic mass is 10.2. The predicted molar refractivity (Wildman–Crippen MR) is 98.6 cm³/mol. The van der Waals surface area contributed by atoms with Gasteiger partial charge in [-0.15, -0.1) is 11.3 Å². The van der Waals surface area contributed by atoms with E-state index in [1.165, 1.54) is 11.3 Å². The minimum atomic E-state index is -0.812. The number of hydrogen-bond acceptors (Lipinski definition) is 6. The van der Waals surface area contributed by atoms with Gasteiger partial charge in [0.25, 0.3) is 0 Å². The fraction of sp³-hybridized carbons (Fsp3) is 0.211. The van der Waals surface area contributed by atoms with E-state index in [-0.39, 0.29) is 13.2 Å². The van der Waals surface area contributed by atoms with E-state index < -0.39 is 18.1 Å². The first-order chi connectivity index (χ1) is 12.6. The third-order valence-electron chi connectivity index (χ3n) is 3.58. The highest BCUT2D eigenvalue weighted by molar-refractivity contribution is 7.18. The fourth-order valence-corrected chi connectivity index (χ4v) is 3.12. The molecule has 3 aromatic rings. The summed E-state index contributed by atoms with van der Waals surface area (Å²) in [6.45, 7) is 1.76. The summed E-state index contributed by atoms with van der Waals surface area (Å²) in [5, 5.41) is 3.17. The van der Waals surface area contributed by atoms with Crippen LogP contribution in [0.2, 0.25) is 0 Å². The van der Waals surface area contributed by atoms with Gasteiger partial charge in [-0.2, -0.15) is 0 Å². The van der Waals surface area contributed by atoms with E-state index in [1.54, 1.807) is 6.92 Å². The quantitative estimate of drug-likeness (QED) is 0.670. The number of hydrogen-bond donors (Lipinski definition) is 1. The summed E-state index contributed by atoms with van der Waals surface area (Å²) in [4.78, 5) is 28.2. The Labute approximate surface area is 154 Å². The third kappa shape index (κ3) is 4.80. The second-order valence-corrected chi connectivity index (χ2v) is 6.73. The van der Waals surface area contributed by atoms with Crippen molar-refractivity contribution in [3.05, 3.63) is 65.2 Å². The molecule has 2 aromatic carbocycles. The monoisotopic (exact) mass is 370 g/mol. The summed E-state index contributed by atoms with van der Waals surface area (Å²) in [6.07, 6.45) is -0.668. The minimum absolute atomic E-state index is 0.0727. The van der Waals surface area contributed by atoms with Crippen LogP contribution in [0.4, 0.5) is 4.79 Å². The molecule has 0 aliphatic carbocycles. The summed E-state index contributed by atoms with van der Waals surface area (Å²) in [5.74, 6) is -0.541. The molecule has 1 aromatic heterocycles. The van der Waals surface area contributed by atoms with Crippen LogP contribution >= 0.6 is 11.3 Å². The molecule has 1 N–H and O–H groups in total. The van der Waals surface area contributed by atoms with E-state index in [0.29, 0.717) is 5.01 Å². The molecule has 0 fully saturated rings. The molecular formula is C19H18N2O4S. The normalized spacial score (nSPS) is 11.7. The number of benzene rings is 2. The van der Waals surface area contributed by atoms with Gasteiger partial charge in [-0.25, -0.2) is 14.6 Å². The molecule has 0 radical (unpaired) electrons. The number of amides is 1. The molecule has 134 valence electrons. The molecule has 1 heterocycles. The van der Waals surface area contributed by atoms with Gasteiger partial charge in [0, 0.05) is 0 Å². The summed E-state index contributed by atoms with van der Waals surface area (Å²) in [7, 11) is 0. The van der Waals surface area contributed by atoms with Crippen LogP contribution < -0.4 is 5.32 Å². The maximum atomic E-state index is 12.0. The second kappa shape index (κ2) is 8.44. The molecule has 1 atom stereocenters. The Morgan fingerprint density at radius 2 is 1.77 bits per heavy atom. The Balaban J connectivity index is 1.44. The van der Waals surface area contributed by atoms with Gasteiger partial charge in [-0.1, -0.05) is 42.5 Å². The molecule has 0 aliphatic rings. The standard InChI is InChI=1S/C19H18N2O4S/c1-13(20-19(23)25-11-14-7-3-2-4-8-14)18(22)24-12-17-21-15-9-5-6-10-16(15)26-17/h2-10,13H,11-12H2,1H3,(H,20,23). The number of fused-ring (bicyclic) bond motifs is 1. The van der Waals surface area contributed by atoms with Gasteiger partial charge >= 0.3 is 12.1 Å². The van der Waals surface area contributed by atoms with Crippen molar-refractivity contribution in [3.8, 4) is 0 Å². The van der Waals surface area contributed by atoms with Crippen molar-refractivity contribution in [2.75, 3.05) is 0 Å². The van der Waals surface area contributed by atoms with Gasteiger partial charge in [0.15, 0.2) is 0 Å². The van der Waals surface area contributed by atoms with Gasteiger partial charge in [-0.05, 0) is 24.6 Å². The Hall–Kier alpha value is -2.93. The second-order valence-electron chi connectivity index (χ2n) is 5.61. The first kappa shape index (κ1) is 17.9. The lowest BCUT2D eigenvalue weighted by Gasteiger charge is -2.13. The molecule has 1 amide bonds. The number of nitrogens with zero attached hydrogens (tertiary/aromatic N) is 1. The molecule has 0 saturated heterocycles. The molecule has 1 unspecified atom stereocenters. The van der Waals surface area contributed by atoms with Gasteiger partial charge < -0.3 is 14.8 Å². The number of aromatic nitrogens is 1. The van der Waals surface area contributed by atoms with Gasteiger partial charge in [-0.3, -0.25) is 0 Å². The zero-order valence-electron chi connectivity index (χ0n) is 14.2. The minimum Gasteiger partial charge on any atom is -0.457 e. The highest BCUT2D eigenvalue weighted by Gasteiger charge is 2.18. The zero-order valence-corrected chi connectivity index (χ0v) is 15.0. The SMILES string of the molecule is CC(NC(=O)OCc1ccccc1)C(=O)OCc1nc2ccccc2s1. The van der Waals surface area contributed by atoms with Crippen molar-refractivity contribution in [1.82, 2.24) is 10.3 Å². The topological polar surface area (TPSA) is 77.5 Å². The largest absolute Gasteiger partial charge is 0.457 e. The van der Waals surface area contributed by atoms with Crippen LogP contribution in [0.25, 0.3) is 10.2 Å². The van der Waals surface area contributed by atoms with Crippen molar-refractivity contribution < 1.29 is 19.1 Å². The summed E-state index contributed by atoms with van der Waals surface area (Å²) in [5.41, 5.74) is 1.74. The molecule has 7 heteroatoms. The van der Waals surface area contributed by atoms with Crippen molar-refractivity contribution >= 4 is 33.6 Å². The predicted octanol–water partition coefficient (Wildman–Crippen LogP) is 3.65. The van der Waals surface area contributed by atoms with Crippen LogP contribution in [0.1, 0.15) is 17.5 Å². The Morgan fingerprint density at radius 1 is 1.04 bits per heavy atom. The molecule has 0 bridgehead atoms. The fourth-order valence-electron chi connectivity index (χ4n) is 2.24. The first-order valence-corrected chi connectivity index (χ1v) is 8.92. The van der Waals surface area contributed by atoms with Crippen LogP contribution in [0.15, 0.2) is 54.6 Å². The highest BCUT2D eigenvalue weighted by Crippen LogP contribution is 2.22. The van der Waals surface area contributed by atoms with E-state index in [2.05, 4.69) is 10.3 Å². The van der Waals surface area contributed by atoms with Crippen LogP contribution in [0.3, 0.4) is 0 Å². The van der Waals surface area contributed by atoms with E-state index in [9.17, 15) is 9.59 Å². The third-order valence-corrected chi connectivity index (χ3v) is 4.59. The smallest absolute Gasteiger partial charge is 0.408 e. The lowest BCUT2D eigenvalue weighted by molar-refractivity contribution is -0.146. The summed E-state index contributed by atoms with van der Waals surface area (Å²) < 4.78 is 11.3. The molecule has 0 saturated carbocycles. The van der Waals surface area contributed by atoms with Crippen LogP contribution in [0.5, 0.6) is 0 Å². The number of nitrogens with one attached hydrogen (secondary N) is 1. The van der Waals surface area contributed by atoms with Crippen LogP contribution in [-0.2, 0) is 27.5 Å². The van der Waals surface area contributed by atoms with E-state index in [0.717, 1.165) is 15.8 Å². The number of carbonyl (C=O) groups excluding carboxylic acids is 2. The summed E-state index contributed by atoms with van der Waals surface area (Å²) in [6, 6.07) is 16.2. The zero-order chi connectivity index (χ0) is 18.4. The molecule has 6 nitrogen and oxygen atoms in total. The maximum absolute atomic E-state index is 12.0. The van der Waals surface area contributed by atoms with Gasteiger partial charge in [0.1, 0.15) is 24.3 Å². The van der Waals surface area contributed by atoms with Crippen molar-refractivity contribution in [2.24, 2.45) is 0 Å². The van der Waals surface area contributed by atoms with Crippen molar-refractivity contribution in [3.63, 3.8) is 0 Å². The Bertz CT molecular complexity index is 862. The molecule has 0 aliphatic heterocycles. The first-order valence-electron chi connectivity index (χ1n) is 8.10. The van der Waals surface area contributed by atoms with Crippen LogP contribution in [0, 0.1) is 0 Å². The number of ether oxygens (including phenoxy) is 2. The summed E-state index contributed by atoms with van der Waals surface area (Å²) >= 11 is 1.47. The lowest BCUT2D eigenvalue weighted by Crippen LogP contribution is -2.39. The van der Waals surface area contributed by atoms with Crippen molar-refractivity contribution in [1.29, 1.82) is 0 Å². The maximum Gasteiger partial charge on any atom is 0.408 e. The number of rotatable bonds is 6. The molecule has 3 rings (SSSR count). The van der Waals surface area contributed by atoms with Crippen LogP contribution in [-0.4, -0.2) is 23.1 Å². The van der Waals surface area contributed by atoms with E-state index in [1.807, 2.05) is 54.6 Å². The highest BCUT2D eigenvalue weighted by atomic mass is 32.1. The average molecular weight is 370 g/mol. The molecular weight excluding hydrogens is 352 g/mol. The number of para-hydroxylation sites is 1. The number of esters is 1. The molecule has 26 heavy (non-hydrogen) atoms. The van der Waals surface area contributed by atoms with Crippen molar-refractivity contribution in [2.45, 2.75) is 26.2 Å². The number of carbonyl (C=O) groups is 2. The Kier molecular flexibility index (Phi) is 5.80. The molecule has 0 spiro atoms. The van der Waals surface area contributed by atoms with Gasteiger partial charge in [0.2, 0.25) is 0 Å². The van der Waals surface area contributed by atoms with E-state index in [4.69, 9.17) is 9.47 Å². The average Bonchev–Trinajstić information content (AvgIpc) is 3.08. The van der Waals surface area contributed by atoms with E-state index >= 15 is 0 Å².